The number of hydrogen-bond acceptors (Lipinski definition) is 1. The molecule has 2 rings (SSSR count). The summed E-state index contributed by atoms with van der Waals surface area (Å²) in [7, 11) is 0. The van der Waals surface area contributed by atoms with Gasteiger partial charge in [-0.1, -0.05) is 29.8 Å². The maximum absolute atomic E-state index is 5.74. The molecule has 1 heterocycles. The number of rotatable bonds is 3. The van der Waals surface area contributed by atoms with Gasteiger partial charge in [-0.15, -0.1) is 11.6 Å². The summed E-state index contributed by atoms with van der Waals surface area (Å²) in [6, 6.07) is 9.34. The monoisotopic (exact) mass is 195 g/mol. The number of alkyl halides is 1. The van der Waals surface area contributed by atoms with Crippen molar-refractivity contribution in [2.75, 3.05) is 12.4 Å². The summed E-state index contributed by atoms with van der Waals surface area (Å²) in [6.07, 6.45) is 0. The van der Waals surface area contributed by atoms with Crippen molar-refractivity contribution < 1.29 is 0 Å². The molecule has 1 nitrogen and oxygen atoms in total. The summed E-state index contributed by atoms with van der Waals surface area (Å²) in [4.78, 5) is 2.39. The maximum Gasteiger partial charge on any atom is 0.0392 e. The van der Waals surface area contributed by atoms with Crippen LogP contribution in [0.2, 0.25) is 0 Å². The van der Waals surface area contributed by atoms with E-state index in [0.29, 0.717) is 6.04 Å². The predicted octanol–water partition coefficient (Wildman–Crippen LogP) is 2.42. The Morgan fingerprint density at radius 2 is 2.08 bits per heavy atom. The van der Waals surface area contributed by atoms with Gasteiger partial charge in [-0.25, -0.2) is 0 Å². The number of aryl methyl sites for hydroxylation is 1. The fourth-order valence-corrected chi connectivity index (χ4v) is 1.78. The quantitative estimate of drug-likeness (QED) is 0.529. The second kappa shape index (κ2) is 3.69. The van der Waals surface area contributed by atoms with Gasteiger partial charge in [0, 0.05) is 25.0 Å². The largest absolute Gasteiger partial charge is 0.292 e. The second-order valence-corrected chi connectivity index (χ2v) is 4.03. The molecular formula is C11H14ClN. The van der Waals surface area contributed by atoms with Crippen LogP contribution in [0.4, 0.5) is 0 Å². The molecule has 1 aliphatic rings. The molecule has 0 spiro atoms. The molecule has 0 amide bonds. The molecule has 1 aliphatic heterocycles. The predicted molar refractivity (Wildman–Crippen MR) is 56.1 cm³/mol. The number of nitrogens with zero attached hydrogens (tertiary/aromatic N) is 1. The fraction of sp³-hybridized carbons (Fsp3) is 0.455. The van der Waals surface area contributed by atoms with Crippen molar-refractivity contribution >= 4 is 11.6 Å². The molecular weight excluding hydrogens is 182 g/mol. The summed E-state index contributed by atoms with van der Waals surface area (Å²) in [5, 5.41) is 0. The average molecular weight is 196 g/mol. The van der Waals surface area contributed by atoms with Crippen LogP contribution in [0, 0.1) is 6.92 Å². The Morgan fingerprint density at radius 3 is 2.62 bits per heavy atom. The molecule has 0 aromatic heterocycles. The van der Waals surface area contributed by atoms with Gasteiger partial charge >= 0.3 is 0 Å². The van der Waals surface area contributed by atoms with Crippen LogP contribution in [0.25, 0.3) is 0 Å². The summed E-state index contributed by atoms with van der Waals surface area (Å²) in [6.45, 7) is 4.33. The minimum absolute atomic E-state index is 0.628. The van der Waals surface area contributed by atoms with Gasteiger partial charge in [-0.3, -0.25) is 4.90 Å². The molecule has 0 bridgehead atoms. The third kappa shape index (κ3) is 2.23. The zero-order valence-corrected chi connectivity index (χ0v) is 8.59. The van der Waals surface area contributed by atoms with Crippen LogP contribution < -0.4 is 0 Å². The second-order valence-electron chi connectivity index (χ2n) is 3.72. The standard InChI is InChI=1S/C11H14ClN/c1-9-2-4-10(5-3-9)7-13-8-11(13)6-12/h2-5,11H,6-8H2,1H3. The van der Waals surface area contributed by atoms with Crippen molar-refractivity contribution in [2.24, 2.45) is 0 Å². The molecule has 2 heteroatoms. The lowest BCUT2D eigenvalue weighted by Gasteiger charge is -2.02. The van der Waals surface area contributed by atoms with Crippen LogP contribution in [0.15, 0.2) is 24.3 Å². The maximum atomic E-state index is 5.74. The number of hydrogen-bond donors (Lipinski definition) is 0. The van der Waals surface area contributed by atoms with Crippen LogP contribution in [0.3, 0.4) is 0 Å². The van der Waals surface area contributed by atoms with Crippen molar-refractivity contribution in [2.45, 2.75) is 19.5 Å². The van der Waals surface area contributed by atoms with E-state index in [1.165, 1.54) is 11.1 Å². The Hall–Kier alpha value is -0.530. The molecule has 0 saturated carbocycles. The molecule has 0 radical (unpaired) electrons. The van der Waals surface area contributed by atoms with E-state index >= 15 is 0 Å². The summed E-state index contributed by atoms with van der Waals surface area (Å²) >= 11 is 5.74. The molecule has 1 saturated heterocycles. The minimum atomic E-state index is 0.628. The van der Waals surface area contributed by atoms with E-state index in [9.17, 15) is 0 Å². The molecule has 0 aliphatic carbocycles. The third-order valence-electron chi connectivity index (χ3n) is 2.51. The molecule has 1 fully saturated rings. The zero-order chi connectivity index (χ0) is 9.26. The van der Waals surface area contributed by atoms with Gasteiger partial charge < -0.3 is 0 Å². The van der Waals surface area contributed by atoms with Crippen molar-refractivity contribution in [3.8, 4) is 0 Å². The Labute approximate surface area is 84.3 Å². The highest BCUT2D eigenvalue weighted by Gasteiger charge is 2.32. The Morgan fingerprint density at radius 1 is 1.38 bits per heavy atom. The lowest BCUT2D eigenvalue weighted by atomic mass is 10.1. The molecule has 13 heavy (non-hydrogen) atoms. The van der Waals surface area contributed by atoms with E-state index in [1.807, 2.05) is 0 Å². The Kier molecular flexibility index (Phi) is 2.56. The fourth-order valence-electron chi connectivity index (χ4n) is 1.49. The van der Waals surface area contributed by atoms with Gasteiger partial charge in [-0.2, -0.15) is 0 Å². The van der Waals surface area contributed by atoms with E-state index in [1.54, 1.807) is 0 Å². The van der Waals surface area contributed by atoms with Crippen LogP contribution in [-0.2, 0) is 6.54 Å². The van der Waals surface area contributed by atoms with Gasteiger partial charge in [0.15, 0.2) is 0 Å². The first-order chi connectivity index (χ1) is 6.29. The highest BCUT2D eigenvalue weighted by Crippen LogP contribution is 2.21. The van der Waals surface area contributed by atoms with Gasteiger partial charge in [0.2, 0.25) is 0 Å². The topological polar surface area (TPSA) is 3.01 Å². The third-order valence-corrected chi connectivity index (χ3v) is 2.87. The normalized spacial score (nSPS) is 26.0. The lowest BCUT2D eigenvalue weighted by molar-refractivity contribution is 0.516. The molecule has 70 valence electrons. The van der Waals surface area contributed by atoms with E-state index in [0.717, 1.165) is 19.0 Å². The first-order valence-electron chi connectivity index (χ1n) is 4.65. The van der Waals surface area contributed by atoms with E-state index in [-0.39, 0.29) is 0 Å². The highest BCUT2D eigenvalue weighted by atomic mass is 35.5. The van der Waals surface area contributed by atoms with Gasteiger partial charge in [-0.05, 0) is 12.5 Å². The summed E-state index contributed by atoms with van der Waals surface area (Å²) < 4.78 is 0. The molecule has 2 atom stereocenters. The Balaban J connectivity index is 1.92. The van der Waals surface area contributed by atoms with Gasteiger partial charge in [0.1, 0.15) is 0 Å². The van der Waals surface area contributed by atoms with E-state index in [2.05, 4.69) is 36.1 Å². The smallest absolute Gasteiger partial charge is 0.0392 e. The average Bonchev–Trinajstić information content (AvgIpc) is 2.88. The van der Waals surface area contributed by atoms with E-state index in [4.69, 9.17) is 11.6 Å². The van der Waals surface area contributed by atoms with Crippen LogP contribution >= 0.6 is 11.6 Å². The molecule has 1 aromatic carbocycles. The van der Waals surface area contributed by atoms with Crippen molar-refractivity contribution in [1.29, 1.82) is 0 Å². The van der Waals surface area contributed by atoms with Gasteiger partial charge in [0.25, 0.3) is 0 Å². The van der Waals surface area contributed by atoms with Crippen LogP contribution in [0.1, 0.15) is 11.1 Å². The number of halogens is 1. The van der Waals surface area contributed by atoms with Crippen LogP contribution in [-0.4, -0.2) is 23.4 Å². The minimum Gasteiger partial charge on any atom is -0.292 e. The van der Waals surface area contributed by atoms with Crippen molar-refractivity contribution in [3.63, 3.8) is 0 Å². The molecule has 2 unspecified atom stereocenters. The van der Waals surface area contributed by atoms with Gasteiger partial charge in [0.05, 0.1) is 0 Å². The van der Waals surface area contributed by atoms with Crippen molar-refractivity contribution in [1.82, 2.24) is 4.90 Å². The summed E-state index contributed by atoms with van der Waals surface area (Å²) in [5.74, 6) is 0.770. The first-order valence-corrected chi connectivity index (χ1v) is 5.18. The number of benzene rings is 1. The first kappa shape index (κ1) is 9.04. The highest BCUT2D eigenvalue weighted by molar-refractivity contribution is 6.18. The van der Waals surface area contributed by atoms with Crippen molar-refractivity contribution in [3.05, 3.63) is 35.4 Å². The van der Waals surface area contributed by atoms with Crippen LogP contribution in [0.5, 0.6) is 0 Å². The SMILES string of the molecule is Cc1ccc(CN2CC2CCl)cc1. The summed E-state index contributed by atoms with van der Waals surface area (Å²) in [5.41, 5.74) is 2.71. The van der Waals surface area contributed by atoms with E-state index < -0.39 is 0 Å². The molecule has 0 N–H and O–H groups in total. The lowest BCUT2D eigenvalue weighted by Crippen LogP contribution is -2.02. The Bertz CT molecular complexity index is 281. The zero-order valence-electron chi connectivity index (χ0n) is 7.83. The molecule has 1 aromatic rings.